The Balaban J connectivity index is 5.16. The number of esters is 4. The van der Waals surface area contributed by atoms with E-state index in [9.17, 15) is 43.2 Å². The first-order valence-corrected chi connectivity index (χ1v) is 42.5. The van der Waals surface area contributed by atoms with Crippen LogP contribution in [0.2, 0.25) is 0 Å². The number of phosphoric acid groups is 2. The molecule has 0 aliphatic heterocycles. The van der Waals surface area contributed by atoms with E-state index in [1.807, 2.05) is 0 Å². The normalized spacial score (nSPS) is 14.0. The lowest BCUT2D eigenvalue weighted by Gasteiger charge is -2.21. The fraction of sp³-hybridized carbons (Fsp3) is 0.947. The number of phosphoric ester groups is 2. The van der Waals surface area contributed by atoms with E-state index in [0.29, 0.717) is 31.6 Å². The fourth-order valence-corrected chi connectivity index (χ4v) is 13.2. The number of carbonyl (C=O) groups is 4. The summed E-state index contributed by atoms with van der Waals surface area (Å²) in [6.45, 7) is 9.51. The summed E-state index contributed by atoms with van der Waals surface area (Å²) in [6, 6.07) is 0. The zero-order valence-electron chi connectivity index (χ0n) is 62.0. The summed E-state index contributed by atoms with van der Waals surface area (Å²) in [4.78, 5) is 72.6. The topological polar surface area (TPSA) is 237 Å². The molecule has 0 saturated heterocycles. The van der Waals surface area contributed by atoms with Crippen molar-refractivity contribution in [3.63, 3.8) is 0 Å². The van der Waals surface area contributed by atoms with E-state index in [1.165, 1.54) is 205 Å². The van der Waals surface area contributed by atoms with Crippen LogP contribution in [-0.2, 0) is 65.4 Å². The Labute approximate surface area is 581 Å². The second-order valence-corrected chi connectivity index (χ2v) is 31.3. The largest absolute Gasteiger partial charge is 0.472 e. The van der Waals surface area contributed by atoms with Crippen LogP contribution in [0.25, 0.3) is 0 Å². The molecule has 0 fully saturated rings. The van der Waals surface area contributed by atoms with Crippen LogP contribution in [0.5, 0.6) is 0 Å². The lowest BCUT2D eigenvalue weighted by Crippen LogP contribution is -2.30. The van der Waals surface area contributed by atoms with Crippen LogP contribution in [0.4, 0.5) is 0 Å². The summed E-state index contributed by atoms with van der Waals surface area (Å²) in [5.74, 6) is -0.633. The summed E-state index contributed by atoms with van der Waals surface area (Å²) in [6.07, 6.45) is 55.9. The van der Waals surface area contributed by atoms with Gasteiger partial charge in [-0.25, -0.2) is 9.13 Å². The van der Waals surface area contributed by atoms with Crippen molar-refractivity contribution >= 4 is 39.5 Å². The molecule has 3 N–H and O–H groups in total. The first kappa shape index (κ1) is 93.1. The summed E-state index contributed by atoms with van der Waals surface area (Å²) < 4.78 is 68.4. The second kappa shape index (κ2) is 67.9. The predicted octanol–water partition coefficient (Wildman–Crippen LogP) is 22.3. The van der Waals surface area contributed by atoms with E-state index in [1.54, 1.807) is 0 Å². The molecule has 0 radical (unpaired) electrons. The van der Waals surface area contributed by atoms with Gasteiger partial charge in [0.2, 0.25) is 0 Å². The SMILES string of the molecule is CCCCCCCCCCCCCCCCCCCC(=O)OC[C@H](COP(=O)(O)OC[C@@H](O)COP(=O)(O)OC[C@@H](COC(=O)CCCCCCCCCC)OC(=O)CCCCCCCCC(C)C)OC(=O)CCCCCCCCCCCCCCCCCCCCC(C)C. The number of aliphatic hydroxyl groups is 1. The lowest BCUT2D eigenvalue weighted by molar-refractivity contribution is -0.161. The van der Waals surface area contributed by atoms with Gasteiger partial charge in [-0.3, -0.25) is 37.3 Å². The average molecular weight is 1400 g/mol. The maximum absolute atomic E-state index is 13.1. The number of unbranched alkanes of at least 4 members (excludes halogenated alkanes) is 45. The average Bonchev–Trinajstić information content (AvgIpc) is 3.23. The minimum atomic E-state index is -4.96. The second-order valence-electron chi connectivity index (χ2n) is 28.3. The van der Waals surface area contributed by atoms with Gasteiger partial charge in [-0.1, -0.05) is 343 Å². The highest BCUT2D eigenvalue weighted by molar-refractivity contribution is 7.47. The fourth-order valence-electron chi connectivity index (χ4n) is 11.7. The molecule has 0 aliphatic rings. The summed E-state index contributed by atoms with van der Waals surface area (Å²) in [7, 11) is -9.90. The van der Waals surface area contributed by atoms with E-state index in [0.717, 1.165) is 102 Å². The molecular formula is C76H148O17P2. The van der Waals surface area contributed by atoms with Crippen LogP contribution < -0.4 is 0 Å². The minimum Gasteiger partial charge on any atom is -0.462 e. The van der Waals surface area contributed by atoms with Crippen LogP contribution >= 0.6 is 15.6 Å². The lowest BCUT2D eigenvalue weighted by atomic mass is 10.0. The molecule has 95 heavy (non-hydrogen) atoms. The van der Waals surface area contributed by atoms with Crippen molar-refractivity contribution in [1.29, 1.82) is 0 Å². The molecule has 0 heterocycles. The third-order valence-corrected chi connectivity index (χ3v) is 19.6. The standard InChI is InChI=1S/C76H148O17P2/c1-7-9-11-13-15-17-18-19-20-23-27-30-33-36-40-47-53-59-74(79)87-64-71(92-75(80)60-54-48-41-37-34-31-28-25-22-21-24-26-29-32-35-38-44-50-56-68(3)4)66-90-94(82,83)88-62-70(77)63-89-95(84,85)91-67-72(65-86-73(78)58-52-46-39-16-14-12-10-8-2)93-76(81)61-55-49-43-42-45-51-57-69(5)6/h68-72,77H,7-67H2,1-6H3,(H,82,83)(H,84,85)/t70-,71-,72-/m1/s1. The number of aliphatic hydroxyl groups excluding tert-OH is 1. The first-order valence-electron chi connectivity index (χ1n) is 39.5. The van der Waals surface area contributed by atoms with Crippen LogP contribution in [-0.4, -0.2) is 96.7 Å². The van der Waals surface area contributed by atoms with Gasteiger partial charge >= 0.3 is 39.5 Å². The summed E-state index contributed by atoms with van der Waals surface area (Å²) >= 11 is 0. The van der Waals surface area contributed by atoms with Crippen LogP contribution in [0, 0.1) is 11.8 Å². The van der Waals surface area contributed by atoms with Gasteiger partial charge in [0.1, 0.15) is 19.3 Å². The number of rotatable bonds is 75. The Hall–Kier alpha value is -1.94. The quantitative estimate of drug-likeness (QED) is 0.0222. The zero-order valence-corrected chi connectivity index (χ0v) is 63.8. The number of ether oxygens (including phenoxy) is 4. The molecule has 0 rings (SSSR count). The van der Waals surface area contributed by atoms with Gasteiger partial charge in [0.05, 0.1) is 26.4 Å². The minimum absolute atomic E-state index is 0.102. The molecule has 19 heteroatoms. The van der Waals surface area contributed by atoms with Crippen molar-refractivity contribution < 1.29 is 80.2 Å². The monoisotopic (exact) mass is 1400 g/mol. The van der Waals surface area contributed by atoms with Crippen molar-refractivity contribution in [2.24, 2.45) is 11.8 Å². The molecule has 2 unspecified atom stereocenters. The molecule has 0 bridgehead atoms. The van der Waals surface area contributed by atoms with Crippen molar-refractivity contribution in [3.05, 3.63) is 0 Å². The Kier molecular flexibility index (Phi) is 66.5. The Morgan fingerprint density at radius 1 is 0.284 bits per heavy atom. The highest BCUT2D eigenvalue weighted by Crippen LogP contribution is 2.45. The third-order valence-electron chi connectivity index (χ3n) is 17.7. The first-order chi connectivity index (χ1) is 45.9. The van der Waals surface area contributed by atoms with Gasteiger partial charge in [0.25, 0.3) is 0 Å². The van der Waals surface area contributed by atoms with Crippen molar-refractivity contribution in [2.45, 2.75) is 413 Å². The maximum atomic E-state index is 13.1. The van der Waals surface area contributed by atoms with E-state index in [-0.39, 0.29) is 25.7 Å². The molecule has 17 nitrogen and oxygen atoms in total. The van der Waals surface area contributed by atoms with Gasteiger partial charge in [0.15, 0.2) is 12.2 Å². The molecule has 0 amide bonds. The van der Waals surface area contributed by atoms with Crippen LogP contribution in [0.15, 0.2) is 0 Å². The van der Waals surface area contributed by atoms with Gasteiger partial charge in [-0.2, -0.15) is 0 Å². The van der Waals surface area contributed by atoms with E-state index >= 15 is 0 Å². The van der Waals surface area contributed by atoms with E-state index < -0.39 is 97.5 Å². The van der Waals surface area contributed by atoms with E-state index in [4.69, 9.17) is 37.0 Å². The maximum Gasteiger partial charge on any atom is 0.472 e. The molecular weight excluding hydrogens is 1250 g/mol. The molecule has 0 saturated carbocycles. The third kappa shape index (κ3) is 70.3. The highest BCUT2D eigenvalue weighted by Gasteiger charge is 2.30. The number of hydrogen-bond acceptors (Lipinski definition) is 15. The molecule has 0 aromatic carbocycles. The highest BCUT2D eigenvalue weighted by atomic mass is 31.2. The molecule has 564 valence electrons. The zero-order chi connectivity index (χ0) is 70.0. The van der Waals surface area contributed by atoms with Gasteiger partial charge < -0.3 is 33.8 Å². The number of carbonyl (C=O) groups excluding carboxylic acids is 4. The Bertz CT molecular complexity index is 1840. The molecule has 0 aromatic heterocycles. The van der Waals surface area contributed by atoms with Crippen molar-refractivity contribution in [2.75, 3.05) is 39.6 Å². The van der Waals surface area contributed by atoms with Crippen molar-refractivity contribution in [1.82, 2.24) is 0 Å². The van der Waals surface area contributed by atoms with Crippen molar-refractivity contribution in [3.8, 4) is 0 Å². The van der Waals surface area contributed by atoms with Gasteiger partial charge in [-0.05, 0) is 37.5 Å². The van der Waals surface area contributed by atoms with Crippen LogP contribution in [0.1, 0.15) is 395 Å². The molecule has 0 spiro atoms. The van der Waals surface area contributed by atoms with Gasteiger partial charge in [0, 0.05) is 25.7 Å². The predicted molar refractivity (Wildman–Crippen MR) is 386 cm³/mol. The molecule has 0 aliphatic carbocycles. The van der Waals surface area contributed by atoms with Crippen LogP contribution in [0.3, 0.4) is 0 Å². The molecule has 0 aromatic rings. The smallest absolute Gasteiger partial charge is 0.462 e. The Morgan fingerprint density at radius 3 is 0.716 bits per heavy atom. The molecule has 5 atom stereocenters. The Morgan fingerprint density at radius 2 is 0.484 bits per heavy atom. The summed E-state index contributed by atoms with van der Waals surface area (Å²) in [5.41, 5.74) is 0. The summed E-state index contributed by atoms with van der Waals surface area (Å²) in [5, 5.41) is 10.6. The number of hydrogen-bond donors (Lipinski definition) is 3. The van der Waals surface area contributed by atoms with E-state index in [2.05, 4.69) is 41.5 Å². The van der Waals surface area contributed by atoms with Gasteiger partial charge in [-0.15, -0.1) is 0 Å².